The van der Waals surface area contributed by atoms with Gasteiger partial charge in [-0.2, -0.15) is 5.26 Å². The van der Waals surface area contributed by atoms with E-state index in [-0.39, 0.29) is 15.4 Å². The second-order valence-corrected chi connectivity index (χ2v) is 7.36. The first-order valence-electron chi connectivity index (χ1n) is 5.88. The first-order chi connectivity index (χ1) is 9.36. The van der Waals surface area contributed by atoms with Crippen molar-refractivity contribution in [3.05, 3.63) is 57.6 Å². The highest BCUT2D eigenvalue weighted by Crippen LogP contribution is 2.28. The lowest BCUT2D eigenvalue weighted by Crippen LogP contribution is -2.06. The van der Waals surface area contributed by atoms with Crippen molar-refractivity contribution in [2.24, 2.45) is 0 Å². The van der Waals surface area contributed by atoms with E-state index in [1.165, 1.54) is 6.07 Å². The Labute approximate surface area is 126 Å². The molecule has 0 radical (unpaired) electrons. The molecule has 0 spiro atoms. The lowest BCUT2D eigenvalue weighted by Gasteiger charge is -2.09. The fourth-order valence-corrected chi connectivity index (χ4v) is 4.36. The monoisotopic (exact) mass is 349 g/mol. The molecule has 0 atom stereocenters. The zero-order valence-electron chi connectivity index (χ0n) is 11.0. The molecule has 20 heavy (non-hydrogen) atoms. The molecule has 0 fully saturated rings. The van der Waals surface area contributed by atoms with Gasteiger partial charge in [-0.05, 0) is 49.2 Å². The fourth-order valence-electron chi connectivity index (χ4n) is 1.99. The summed E-state index contributed by atoms with van der Waals surface area (Å²) in [6.07, 6.45) is 0. The van der Waals surface area contributed by atoms with Crippen molar-refractivity contribution in [3.63, 3.8) is 0 Å². The number of aryl methyl sites for hydroxylation is 2. The molecule has 0 amide bonds. The summed E-state index contributed by atoms with van der Waals surface area (Å²) in [5, 5.41) is 9.19. The minimum Gasteiger partial charge on any atom is -0.218 e. The SMILES string of the molecule is Cc1cc(Br)cc(S(=O)(=O)c2cccc(C)c2C#N)c1. The third-order valence-electron chi connectivity index (χ3n) is 2.96. The Morgan fingerprint density at radius 2 is 1.85 bits per heavy atom. The number of nitriles is 1. The first-order valence-corrected chi connectivity index (χ1v) is 8.16. The molecule has 0 aliphatic heterocycles. The van der Waals surface area contributed by atoms with Crippen LogP contribution in [0.4, 0.5) is 0 Å². The van der Waals surface area contributed by atoms with Gasteiger partial charge in [0.05, 0.1) is 15.4 Å². The summed E-state index contributed by atoms with van der Waals surface area (Å²) in [5.74, 6) is 0. The maximum absolute atomic E-state index is 12.7. The molecule has 0 aliphatic rings. The lowest BCUT2D eigenvalue weighted by atomic mass is 10.1. The molecule has 2 aromatic carbocycles. The van der Waals surface area contributed by atoms with E-state index in [0.29, 0.717) is 10.0 Å². The Kier molecular flexibility index (Phi) is 3.98. The van der Waals surface area contributed by atoms with Crippen LogP contribution in [0.5, 0.6) is 0 Å². The molecule has 0 heterocycles. The largest absolute Gasteiger partial charge is 0.218 e. The number of rotatable bonds is 2. The second-order valence-electron chi connectivity index (χ2n) is 4.53. The quantitative estimate of drug-likeness (QED) is 0.828. The molecule has 0 N–H and O–H groups in total. The van der Waals surface area contributed by atoms with Gasteiger partial charge in [0.25, 0.3) is 0 Å². The van der Waals surface area contributed by atoms with Crippen LogP contribution in [-0.4, -0.2) is 8.42 Å². The van der Waals surface area contributed by atoms with Crippen LogP contribution in [0.3, 0.4) is 0 Å². The number of hydrogen-bond donors (Lipinski definition) is 0. The van der Waals surface area contributed by atoms with Gasteiger partial charge in [-0.3, -0.25) is 0 Å². The molecule has 0 unspecified atom stereocenters. The average molecular weight is 350 g/mol. The van der Waals surface area contributed by atoms with E-state index >= 15 is 0 Å². The predicted molar refractivity (Wildman–Crippen MR) is 80.2 cm³/mol. The summed E-state index contributed by atoms with van der Waals surface area (Å²) in [6.45, 7) is 3.55. The number of hydrogen-bond acceptors (Lipinski definition) is 3. The summed E-state index contributed by atoms with van der Waals surface area (Å²) in [6, 6.07) is 11.8. The Balaban J connectivity index is 2.74. The van der Waals surface area contributed by atoms with E-state index in [1.807, 2.05) is 19.1 Å². The minimum atomic E-state index is -3.70. The maximum Gasteiger partial charge on any atom is 0.207 e. The van der Waals surface area contributed by atoms with E-state index in [0.717, 1.165) is 5.56 Å². The zero-order valence-corrected chi connectivity index (χ0v) is 13.4. The van der Waals surface area contributed by atoms with Gasteiger partial charge in [0.15, 0.2) is 0 Å². The van der Waals surface area contributed by atoms with Crippen molar-refractivity contribution in [1.29, 1.82) is 5.26 Å². The van der Waals surface area contributed by atoms with Crippen LogP contribution in [0.1, 0.15) is 16.7 Å². The Morgan fingerprint density at radius 3 is 2.45 bits per heavy atom. The van der Waals surface area contributed by atoms with Gasteiger partial charge in [0, 0.05) is 4.47 Å². The van der Waals surface area contributed by atoms with E-state index < -0.39 is 9.84 Å². The van der Waals surface area contributed by atoms with Crippen molar-refractivity contribution < 1.29 is 8.42 Å². The topological polar surface area (TPSA) is 57.9 Å². The third kappa shape index (κ3) is 2.62. The van der Waals surface area contributed by atoms with Crippen LogP contribution in [0.2, 0.25) is 0 Å². The Morgan fingerprint density at radius 1 is 1.15 bits per heavy atom. The van der Waals surface area contributed by atoms with Gasteiger partial charge in [0.2, 0.25) is 9.84 Å². The first kappa shape index (κ1) is 14.8. The summed E-state index contributed by atoms with van der Waals surface area (Å²) < 4.78 is 26.1. The van der Waals surface area contributed by atoms with Crippen molar-refractivity contribution in [2.75, 3.05) is 0 Å². The van der Waals surface area contributed by atoms with E-state index in [1.54, 1.807) is 31.2 Å². The zero-order chi connectivity index (χ0) is 14.9. The molecular formula is C15H12BrNO2S. The van der Waals surface area contributed by atoms with Gasteiger partial charge in [-0.1, -0.05) is 28.1 Å². The predicted octanol–water partition coefficient (Wildman–Crippen LogP) is 3.77. The van der Waals surface area contributed by atoms with Crippen molar-refractivity contribution in [2.45, 2.75) is 23.6 Å². The van der Waals surface area contributed by atoms with Crippen LogP contribution in [0, 0.1) is 25.2 Å². The summed E-state index contributed by atoms with van der Waals surface area (Å²) in [5.41, 5.74) is 1.69. The van der Waals surface area contributed by atoms with Gasteiger partial charge in [0.1, 0.15) is 6.07 Å². The van der Waals surface area contributed by atoms with Crippen molar-refractivity contribution >= 4 is 25.8 Å². The van der Waals surface area contributed by atoms with E-state index in [4.69, 9.17) is 0 Å². The highest BCUT2D eigenvalue weighted by molar-refractivity contribution is 9.10. The third-order valence-corrected chi connectivity index (χ3v) is 5.20. The van der Waals surface area contributed by atoms with Crippen LogP contribution in [0.15, 0.2) is 50.7 Å². The van der Waals surface area contributed by atoms with Crippen molar-refractivity contribution in [3.8, 4) is 6.07 Å². The van der Waals surface area contributed by atoms with Crippen molar-refractivity contribution in [1.82, 2.24) is 0 Å². The van der Waals surface area contributed by atoms with Crippen LogP contribution in [0.25, 0.3) is 0 Å². The number of sulfone groups is 1. The van der Waals surface area contributed by atoms with Gasteiger partial charge < -0.3 is 0 Å². The fraction of sp³-hybridized carbons (Fsp3) is 0.133. The highest BCUT2D eigenvalue weighted by Gasteiger charge is 2.22. The average Bonchev–Trinajstić information content (AvgIpc) is 2.37. The summed E-state index contributed by atoms with van der Waals surface area (Å²) >= 11 is 3.30. The van der Waals surface area contributed by atoms with Crippen LogP contribution in [-0.2, 0) is 9.84 Å². The van der Waals surface area contributed by atoms with Crippen LogP contribution < -0.4 is 0 Å². The molecule has 102 valence electrons. The minimum absolute atomic E-state index is 0.0532. The summed E-state index contributed by atoms with van der Waals surface area (Å²) in [7, 11) is -3.70. The Hall–Kier alpha value is -1.64. The smallest absolute Gasteiger partial charge is 0.207 e. The van der Waals surface area contributed by atoms with Crippen LogP contribution >= 0.6 is 15.9 Å². The molecule has 0 saturated carbocycles. The van der Waals surface area contributed by atoms with Gasteiger partial charge in [-0.25, -0.2) is 8.42 Å². The molecule has 0 saturated heterocycles. The maximum atomic E-state index is 12.7. The molecule has 0 aromatic heterocycles. The standard InChI is InChI=1S/C15H12BrNO2S/c1-10-6-12(16)8-13(7-10)20(18,19)15-5-3-4-11(2)14(15)9-17/h3-8H,1-2H3. The molecular weight excluding hydrogens is 338 g/mol. The molecule has 2 aromatic rings. The molecule has 0 bridgehead atoms. The molecule has 2 rings (SSSR count). The summed E-state index contributed by atoms with van der Waals surface area (Å²) in [4.78, 5) is 0.240. The van der Waals surface area contributed by atoms with E-state index in [9.17, 15) is 13.7 Å². The lowest BCUT2D eigenvalue weighted by molar-refractivity contribution is 0.595. The molecule has 5 heteroatoms. The normalized spacial score (nSPS) is 11.1. The number of benzene rings is 2. The second kappa shape index (κ2) is 5.39. The van der Waals surface area contributed by atoms with Gasteiger partial charge >= 0.3 is 0 Å². The Bertz CT molecular complexity index is 800. The van der Waals surface area contributed by atoms with Gasteiger partial charge in [-0.15, -0.1) is 0 Å². The van der Waals surface area contributed by atoms with E-state index in [2.05, 4.69) is 15.9 Å². The molecule has 3 nitrogen and oxygen atoms in total. The number of halogens is 1. The number of nitrogens with zero attached hydrogens (tertiary/aromatic N) is 1. The highest BCUT2D eigenvalue weighted by atomic mass is 79.9. The molecule has 0 aliphatic carbocycles.